The van der Waals surface area contributed by atoms with E-state index >= 15 is 0 Å². The summed E-state index contributed by atoms with van der Waals surface area (Å²) in [7, 11) is 0. The molecule has 0 aliphatic rings. The predicted octanol–water partition coefficient (Wildman–Crippen LogP) is 5.11. The van der Waals surface area contributed by atoms with Gasteiger partial charge < -0.3 is 10.1 Å². The molecule has 0 atom stereocenters. The SMILES string of the molecule is Cc1ccc(NC(=S)NC(=O)COc2ccc3ccccc3c2Br)cc1C. The van der Waals surface area contributed by atoms with E-state index in [0.717, 1.165) is 26.5 Å². The number of ether oxygens (including phenoxy) is 1. The van der Waals surface area contributed by atoms with Crippen LogP contribution in [0.4, 0.5) is 5.69 Å². The highest BCUT2D eigenvalue weighted by atomic mass is 79.9. The Morgan fingerprint density at radius 3 is 2.63 bits per heavy atom. The smallest absolute Gasteiger partial charge is 0.264 e. The van der Waals surface area contributed by atoms with Gasteiger partial charge in [-0.3, -0.25) is 10.1 Å². The molecule has 6 heteroatoms. The Balaban J connectivity index is 1.57. The van der Waals surface area contributed by atoms with E-state index in [9.17, 15) is 4.79 Å². The highest BCUT2D eigenvalue weighted by Crippen LogP contribution is 2.32. The molecule has 3 rings (SSSR count). The molecule has 0 aromatic heterocycles. The van der Waals surface area contributed by atoms with E-state index in [1.807, 2.05) is 68.4 Å². The Labute approximate surface area is 172 Å². The summed E-state index contributed by atoms with van der Waals surface area (Å²) in [6.45, 7) is 3.94. The number of hydrogen-bond acceptors (Lipinski definition) is 3. The van der Waals surface area contributed by atoms with Gasteiger partial charge in [-0.05, 0) is 82.1 Å². The van der Waals surface area contributed by atoms with Gasteiger partial charge in [-0.25, -0.2) is 0 Å². The van der Waals surface area contributed by atoms with E-state index in [4.69, 9.17) is 17.0 Å². The number of fused-ring (bicyclic) bond motifs is 1. The van der Waals surface area contributed by atoms with Crippen LogP contribution in [-0.4, -0.2) is 17.6 Å². The third-order valence-corrected chi connectivity index (χ3v) is 5.23. The quantitative estimate of drug-likeness (QED) is 0.551. The Kier molecular flexibility index (Phi) is 6.08. The molecule has 0 aliphatic carbocycles. The number of carbonyl (C=O) groups is 1. The van der Waals surface area contributed by atoms with E-state index in [0.29, 0.717) is 5.75 Å². The summed E-state index contributed by atoms with van der Waals surface area (Å²) in [5.41, 5.74) is 3.19. The molecule has 0 fully saturated rings. The van der Waals surface area contributed by atoms with E-state index in [1.165, 1.54) is 5.56 Å². The first-order valence-corrected chi connectivity index (χ1v) is 9.62. The van der Waals surface area contributed by atoms with Crippen LogP contribution in [0.5, 0.6) is 5.75 Å². The third kappa shape index (κ3) is 4.84. The highest BCUT2D eigenvalue weighted by molar-refractivity contribution is 9.10. The van der Waals surface area contributed by atoms with Crippen molar-refractivity contribution in [1.82, 2.24) is 5.32 Å². The van der Waals surface area contributed by atoms with Gasteiger partial charge in [0.2, 0.25) is 0 Å². The van der Waals surface area contributed by atoms with Gasteiger partial charge in [-0.1, -0.05) is 36.4 Å². The Bertz CT molecular complexity index is 1020. The Morgan fingerprint density at radius 2 is 1.85 bits per heavy atom. The van der Waals surface area contributed by atoms with Gasteiger partial charge in [0.25, 0.3) is 5.91 Å². The van der Waals surface area contributed by atoms with Crippen molar-refractivity contribution in [3.8, 4) is 5.75 Å². The summed E-state index contributed by atoms with van der Waals surface area (Å²) >= 11 is 8.75. The van der Waals surface area contributed by atoms with Crippen LogP contribution in [0.1, 0.15) is 11.1 Å². The van der Waals surface area contributed by atoms with Crippen LogP contribution in [-0.2, 0) is 4.79 Å². The molecule has 4 nitrogen and oxygen atoms in total. The van der Waals surface area contributed by atoms with Gasteiger partial charge >= 0.3 is 0 Å². The van der Waals surface area contributed by atoms with Gasteiger partial charge in [-0.15, -0.1) is 0 Å². The van der Waals surface area contributed by atoms with Crippen LogP contribution >= 0.6 is 28.1 Å². The van der Waals surface area contributed by atoms with Crippen LogP contribution < -0.4 is 15.4 Å². The molecule has 27 heavy (non-hydrogen) atoms. The lowest BCUT2D eigenvalue weighted by Gasteiger charge is -2.13. The van der Waals surface area contributed by atoms with Crippen molar-refractivity contribution < 1.29 is 9.53 Å². The Hall–Kier alpha value is -2.44. The lowest BCUT2D eigenvalue weighted by atomic mass is 10.1. The zero-order valence-electron chi connectivity index (χ0n) is 15.0. The lowest BCUT2D eigenvalue weighted by molar-refractivity contribution is -0.121. The standard InChI is InChI=1S/C21H19BrN2O2S/c1-13-7-9-16(11-14(13)2)23-21(27)24-19(25)12-26-18-10-8-15-5-3-4-6-17(15)20(18)22/h3-11H,12H2,1-2H3,(H2,23,24,25,27). The van der Waals surface area contributed by atoms with Gasteiger partial charge in [0.1, 0.15) is 5.75 Å². The maximum Gasteiger partial charge on any atom is 0.264 e. The molecule has 0 saturated carbocycles. The minimum atomic E-state index is -0.323. The van der Waals surface area contributed by atoms with Crippen LogP contribution in [0.15, 0.2) is 59.1 Å². The molecular formula is C21H19BrN2O2S. The Morgan fingerprint density at radius 1 is 1.07 bits per heavy atom. The first-order chi connectivity index (χ1) is 12.9. The molecule has 0 heterocycles. The average molecular weight is 443 g/mol. The van der Waals surface area contributed by atoms with Crippen molar-refractivity contribution in [2.75, 3.05) is 11.9 Å². The van der Waals surface area contributed by atoms with E-state index < -0.39 is 0 Å². The fourth-order valence-corrected chi connectivity index (χ4v) is 3.45. The first-order valence-electron chi connectivity index (χ1n) is 8.42. The summed E-state index contributed by atoms with van der Waals surface area (Å²) in [5, 5.41) is 8.01. The van der Waals surface area contributed by atoms with Crippen LogP contribution in [0.2, 0.25) is 0 Å². The molecule has 0 unspecified atom stereocenters. The number of amides is 1. The van der Waals surface area contributed by atoms with Crippen molar-refractivity contribution in [1.29, 1.82) is 0 Å². The maximum atomic E-state index is 12.1. The largest absolute Gasteiger partial charge is 0.483 e. The first kappa shape index (κ1) is 19.3. The summed E-state index contributed by atoms with van der Waals surface area (Å²) in [4.78, 5) is 12.1. The molecule has 3 aromatic rings. The van der Waals surface area contributed by atoms with Gasteiger partial charge in [-0.2, -0.15) is 0 Å². The van der Waals surface area contributed by atoms with Crippen molar-refractivity contribution in [2.24, 2.45) is 0 Å². The minimum Gasteiger partial charge on any atom is -0.483 e. The second-order valence-electron chi connectivity index (χ2n) is 6.19. The van der Waals surface area contributed by atoms with Crippen LogP contribution in [0.3, 0.4) is 0 Å². The summed E-state index contributed by atoms with van der Waals surface area (Å²) in [6.07, 6.45) is 0. The molecule has 0 radical (unpaired) electrons. The van der Waals surface area contributed by atoms with Crippen molar-refractivity contribution in [3.63, 3.8) is 0 Å². The van der Waals surface area contributed by atoms with E-state index in [-0.39, 0.29) is 17.6 Å². The number of halogens is 1. The summed E-state index contributed by atoms with van der Waals surface area (Å²) < 4.78 is 6.47. The summed E-state index contributed by atoms with van der Waals surface area (Å²) in [6, 6.07) is 17.7. The molecule has 0 bridgehead atoms. The highest BCUT2D eigenvalue weighted by Gasteiger charge is 2.10. The lowest BCUT2D eigenvalue weighted by Crippen LogP contribution is -2.37. The molecule has 1 amide bonds. The number of nitrogens with one attached hydrogen (secondary N) is 2. The van der Waals surface area contributed by atoms with Crippen LogP contribution in [0.25, 0.3) is 10.8 Å². The van der Waals surface area contributed by atoms with Crippen molar-refractivity contribution in [2.45, 2.75) is 13.8 Å². The monoisotopic (exact) mass is 442 g/mol. The minimum absolute atomic E-state index is 0.133. The number of benzene rings is 3. The molecular weight excluding hydrogens is 424 g/mol. The fraction of sp³-hybridized carbons (Fsp3) is 0.143. The van der Waals surface area contributed by atoms with E-state index in [2.05, 4.69) is 26.6 Å². The van der Waals surface area contributed by atoms with Gasteiger partial charge in [0.15, 0.2) is 11.7 Å². The predicted molar refractivity (Wildman–Crippen MR) is 117 cm³/mol. The third-order valence-electron chi connectivity index (χ3n) is 4.20. The van der Waals surface area contributed by atoms with Crippen LogP contribution in [0, 0.1) is 13.8 Å². The second kappa shape index (κ2) is 8.50. The van der Waals surface area contributed by atoms with Crippen molar-refractivity contribution >= 4 is 55.6 Å². The van der Waals surface area contributed by atoms with E-state index in [1.54, 1.807) is 0 Å². The van der Waals surface area contributed by atoms with Gasteiger partial charge in [0, 0.05) is 5.69 Å². The normalized spacial score (nSPS) is 10.5. The zero-order chi connectivity index (χ0) is 19.4. The molecule has 2 N–H and O–H groups in total. The number of aryl methyl sites for hydroxylation is 2. The topological polar surface area (TPSA) is 50.4 Å². The average Bonchev–Trinajstić information content (AvgIpc) is 2.64. The zero-order valence-corrected chi connectivity index (χ0v) is 17.4. The maximum absolute atomic E-state index is 12.1. The number of carbonyl (C=O) groups excluding carboxylic acids is 1. The molecule has 0 saturated heterocycles. The number of hydrogen-bond donors (Lipinski definition) is 2. The fourth-order valence-electron chi connectivity index (χ4n) is 2.61. The number of thiocarbonyl (C=S) groups is 1. The molecule has 3 aromatic carbocycles. The molecule has 0 aliphatic heterocycles. The van der Waals surface area contributed by atoms with Crippen molar-refractivity contribution in [3.05, 3.63) is 70.2 Å². The second-order valence-corrected chi connectivity index (χ2v) is 7.39. The molecule has 138 valence electrons. The number of rotatable bonds is 4. The molecule has 0 spiro atoms. The summed E-state index contributed by atoms with van der Waals surface area (Å²) in [5.74, 6) is 0.285. The van der Waals surface area contributed by atoms with Gasteiger partial charge in [0.05, 0.1) is 4.47 Å². The number of anilines is 1.